The van der Waals surface area contributed by atoms with Gasteiger partial charge in [-0.1, -0.05) is 18.2 Å². The molecule has 0 bridgehead atoms. The summed E-state index contributed by atoms with van der Waals surface area (Å²) in [5, 5.41) is 5.99. The third-order valence-corrected chi connectivity index (χ3v) is 7.42. The molecule has 1 fully saturated rings. The first kappa shape index (κ1) is 24.3. The largest absolute Gasteiger partial charge is 0.324 e. The van der Waals surface area contributed by atoms with Crippen molar-refractivity contribution in [3.8, 4) is 5.13 Å². The molecule has 3 aromatic rings. The molecule has 4 rings (SSSR count). The monoisotopic (exact) mass is 479 g/mol. The number of rotatable bonds is 7. The molecule has 8 heteroatoms. The quantitative estimate of drug-likeness (QED) is 0.520. The van der Waals surface area contributed by atoms with Crippen molar-refractivity contribution in [2.45, 2.75) is 34.6 Å². The lowest BCUT2D eigenvalue weighted by Gasteiger charge is -2.33. The molecule has 1 aromatic carbocycles. The summed E-state index contributed by atoms with van der Waals surface area (Å²) < 4.78 is 2.07. The van der Waals surface area contributed by atoms with E-state index in [4.69, 9.17) is 0 Å². The van der Waals surface area contributed by atoms with Crippen molar-refractivity contribution >= 4 is 28.7 Å². The van der Waals surface area contributed by atoms with Gasteiger partial charge in [0, 0.05) is 54.2 Å². The van der Waals surface area contributed by atoms with Crippen LogP contribution < -0.4 is 5.32 Å². The van der Waals surface area contributed by atoms with Crippen molar-refractivity contribution in [2.24, 2.45) is 0 Å². The van der Waals surface area contributed by atoms with Crippen LogP contribution in [-0.2, 0) is 4.79 Å². The molecule has 34 heavy (non-hydrogen) atoms. The van der Waals surface area contributed by atoms with Crippen LogP contribution in [0.5, 0.6) is 0 Å². The van der Waals surface area contributed by atoms with E-state index in [-0.39, 0.29) is 11.7 Å². The van der Waals surface area contributed by atoms with Crippen LogP contribution in [0.15, 0.2) is 29.6 Å². The number of piperazine rings is 1. The SMILES string of the molecule is Cc1csc(-n2c(C)cc(C(=O)CN3CCN(CC(=O)Nc4c(C)cccc4C)CC3)c2C)n1. The second-order valence-corrected chi connectivity index (χ2v) is 10.0. The maximum Gasteiger partial charge on any atom is 0.238 e. The van der Waals surface area contributed by atoms with Crippen LogP contribution in [0.3, 0.4) is 0 Å². The normalized spacial score (nSPS) is 15.0. The van der Waals surface area contributed by atoms with E-state index in [1.165, 1.54) is 0 Å². The molecule has 1 aliphatic rings. The van der Waals surface area contributed by atoms with Crippen LogP contribution in [-0.4, -0.2) is 70.3 Å². The molecule has 0 saturated carbocycles. The summed E-state index contributed by atoms with van der Waals surface area (Å²) in [4.78, 5) is 34.6. The minimum atomic E-state index is 0.00629. The van der Waals surface area contributed by atoms with Crippen molar-refractivity contribution in [3.63, 3.8) is 0 Å². The molecule has 180 valence electrons. The van der Waals surface area contributed by atoms with Gasteiger partial charge in [0.2, 0.25) is 5.91 Å². The Bertz CT molecular complexity index is 1180. The molecule has 1 amide bonds. The predicted molar refractivity (Wildman–Crippen MR) is 137 cm³/mol. The fourth-order valence-corrected chi connectivity index (χ4v) is 5.48. The van der Waals surface area contributed by atoms with Gasteiger partial charge in [-0.2, -0.15) is 0 Å². The van der Waals surface area contributed by atoms with E-state index in [2.05, 4.69) is 24.7 Å². The zero-order valence-corrected chi connectivity index (χ0v) is 21.5. The lowest BCUT2D eigenvalue weighted by molar-refractivity contribution is -0.117. The Morgan fingerprint density at radius 2 is 1.59 bits per heavy atom. The van der Waals surface area contributed by atoms with Crippen molar-refractivity contribution in [2.75, 3.05) is 44.6 Å². The summed E-state index contributed by atoms with van der Waals surface area (Å²) in [7, 11) is 0. The van der Waals surface area contributed by atoms with Gasteiger partial charge in [0.05, 0.1) is 18.8 Å². The van der Waals surface area contributed by atoms with Crippen molar-refractivity contribution < 1.29 is 9.59 Å². The van der Waals surface area contributed by atoms with Crippen LogP contribution in [0.4, 0.5) is 5.69 Å². The minimum Gasteiger partial charge on any atom is -0.324 e. The molecule has 0 unspecified atom stereocenters. The van der Waals surface area contributed by atoms with E-state index in [0.29, 0.717) is 13.1 Å². The Kier molecular flexibility index (Phi) is 7.30. The number of aromatic nitrogens is 2. The highest BCUT2D eigenvalue weighted by Crippen LogP contribution is 2.24. The summed E-state index contributed by atoms with van der Waals surface area (Å²) in [6, 6.07) is 7.99. The number of carbonyl (C=O) groups excluding carboxylic acids is 2. The lowest BCUT2D eigenvalue weighted by Crippen LogP contribution is -2.49. The first-order valence-electron chi connectivity index (χ1n) is 11.7. The number of hydrogen-bond donors (Lipinski definition) is 1. The molecule has 0 spiro atoms. The van der Waals surface area contributed by atoms with Gasteiger partial charge >= 0.3 is 0 Å². The summed E-state index contributed by atoms with van der Waals surface area (Å²) in [5.41, 5.74) is 6.76. The molecule has 1 saturated heterocycles. The smallest absolute Gasteiger partial charge is 0.238 e. The number of amides is 1. The van der Waals surface area contributed by atoms with E-state index in [1.54, 1.807) is 11.3 Å². The summed E-state index contributed by atoms with van der Waals surface area (Å²) in [5.74, 6) is 0.139. The number of Topliss-reactive ketones (excluding diaryl/α,β-unsaturated/α-hetero) is 1. The van der Waals surface area contributed by atoms with Gasteiger partial charge in [-0.25, -0.2) is 4.98 Å². The van der Waals surface area contributed by atoms with Gasteiger partial charge < -0.3 is 5.32 Å². The number of nitrogens with zero attached hydrogens (tertiary/aromatic N) is 4. The predicted octanol–water partition coefficient (Wildman–Crippen LogP) is 3.91. The van der Waals surface area contributed by atoms with Crippen molar-refractivity contribution in [1.82, 2.24) is 19.4 Å². The maximum atomic E-state index is 13.1. The molecule has 3 heterocycles. The fourth-order valence-electron chi connectivity index (χ4n) is 4.57. The fraction of sp³-hybridized carbons (Fsp3) is 0.423. The number of para-hydroxylation sites is 1. The van der Waals surface area contributed by atoms with Crippen molar-refractivity contribution in [3.05, 3.63) is 63.4 Å². The van der Waals surface area contributed by atoms with Gasteiger partial charge in [-0.05, 0) is 51.8 Å². The minimum absolute atomic E-state index is 0.00629. The average Bonchev–Trinajstić information content (AvgIpc) is 3.34. The Balaban J connectivity index is 1.30. The number of benzene rings is 1. The van der Waals surface area contributed by atoms with Crippen LogP contribution in [0.1, 0.15) is 38.6 Å². The highest BCUT2D eigenvalue weighted by molar-refractivity contribution is 7.12. The first-order valence-corrected chi connectivity index (χ1v) is 12.6. The van der Waals surface area contributed by atoms with E-state index in [9.17, 15) is 9.59 Å². The molecule has 7 nitrogen and oxygen atoms in total. The zero-order valence-electron chi connectivity index (χ0n) is 20.6. The molecule has 2 aromatic heterocycles. The standard InChI is InChI=1S/C26H33N5O2S/c1-17-7-6-8-18(2)25(17)28-24(33)15-30-11-9-29(10-12-30)14-23(32)22-13-20(4)31(21(22)5)26-27-19(3)16-34-26/h6-8,13,16H,9-12,14-15H2,1-5H3,(H,28,33). The molecule has 0 radical (unpaired) electrons. The number of anilines is 1. The van der Waals surface area contributed by atoms with E-state index in [1.807, 2.05) is 64.3 Å². The number of hydrogen-bond acceptors (Lipinski definition) is 6. The molecular formula is C26H33N5O2S. The molecule has 0 aliphatic carbocycles. The number of carbonyl (C=O) groups is 2. The summed E-state index contributed by atoms with van der Waals surface area (Å²) in [6.45, 7) is 13.8. The second kappa shape index (κ2) is 10.2. The lowest BCUT2D eigenvalue weighted by atomic mass is 10.1. The second-order valence-electron chi connectivity index (χ2n) is 9.18. The zero-order chi connectivity index (χ0) is 24.4. The van der Waals surface area contributed by atoms with Gasteiger partial charge in [0.15, 0.2) is 10.9 Å². The highest BCUT2D eigenvalue weighted by Gasteiger charge is 2.24. The van der Waals surface area contributed by atoms with Crippen LogP contribution in [0, 0.1) is 34.6 Å². The van der Waals surface area contributed by atoms with Gasteiger partial charge in [0.25, 0.3) is 0 Å². The molecule has 1 aliphatic heterocycles. The van der Waals surface area contributed by atoms with E-state index < -0.39 is 0 Å². The average molecular weight is 480 g/mol. The topological polar surface area (TPSA) is 70.5 Å². The van der Waals surface area contributed by atoms with Gasteiger partial charge in [0.1, 0.15) is 0 Å². The van der Waals surface area contributed by atoms with Crippen LogP contribution >= 0.6 is 11.3 Å². The van der Waals surface area contributed by atoms with Crippen LogP contribution in [0.25, 0.3) is 5.13 Å². The van der Waals surface area contributed by atoms with Crippen molar-refractivity contribution in [1.29, 1.82) is 0 Å². The summed E-state index contributed by atoms with van der Waals surface area (Å²) in [6.07, 6.45) is 0. The number of ketones is 1. The Labute approximate surface area is 205 Å². The third-order valence-electron chi connectivity index (χ3n) is 6.47. The summed E-state index contributed by atoms with van der Waals surface area (Å²) >= 11 is 1.59. The number of aryl methyl sites for hydroxylation is 4. The Hall–Kier alpha value is -2.81. The van der Waals surface area contributed by atoms with Gasteiger partial charge in [-0.15, -0.1) is 11.3 Å². The number of thiazole rings is 1. The molecule has 1 N–H and O–H groups in total. The van der Waals surface area contributed by atoms with Crippen LogP contribution in [0.2, 0.25) is 0 Å². The van der Waals surface area contributed by atoms with E-state index >= 15 is 0 Å². The number of nitrogens with one attached hydrogen (secondary N) is 1. The highest BCUT2D eigenvalue weighted by atomic mass is 32.1. The first-order chi connectivity index (χ1) is 16.2. The molecular weight excluding hydrogens is 446 g/mol. The molecule has 0 atom stereocenters. The van der Waals surface area contributed by atoms with Gasteiger partial charge in [-0.3, -0.25) is 24.0 Å². The Morgan fingerprint density at radius 3 is 2.18 bits per heavy atom. The maximum absolute atomic E-state index is 13.1. The van der Waals surface area contributed by atoms with E-state index in [0.717, 1.165) is 70.8 Å². The Morgan fingerprint density at radius 1 is 0.971 bits per heavy atom. The third kappa shape index (κ3) is 5.29.